The molecule has 0 amide bonds. The van der Waals surface area contributed by atoms with Gasteiger partial charge in [0, 0.05) is 37.8 Å². The average Bonchev–Trinajstić information content (AvgIpc) is 2.54. The highest BCUT2D eigenvalue weighted by molar-refractivity contribution is 5.96. The van der Waals surface area contributed by atoms with Crippen molar-refractivity contribution in [1.29, 1.82) is 0 Å². The third kappa shape index (κ3) is 2.63. The summed E-state index contributed by atoms with van der Waals surface area (Å²) in [5.74, 6) is 0. The predicted molar refractivity (Wildman–Crippen MR) is 88.7 cm³/mol. The maximum Gasteiger partial charge on any atom is 0.0825 e. The van der Waals surface area contributed by atoms with E-state index in [0.29, 0.717) is 6.54 Å². The van der Waals surface area contributed by atoms with Gasteiger partial charge in [-0.3, -0.25) is 0 Å². The molecule has 2 N–H and O–H groups in total. The van der Waals surface area contributed by atoms with E-state index in [1.807, 2.05) is 7.11 Å². The standard InChI is InChI=1S/C18H24N2O/c1-18(21-2)10-5-11-20(13-18)17-9-8-14(12-19)15-6-3-4-7-16(15)17/h3-4,6-9H,5,10-13,19H2,1-2H3. The summed E-state index contributed by atoms with van der Waals surface area (Å²) in [6.07, 6.45) is 2.29. The lowest BCUT2D eigenvalue weighted by atomic mass is 9.93. The van der Waals surface area contributed by atoms with Crippen LogP contribution in [0.1, 0.15) is 25.3 Å². The van der Waals surface area contributed by atoms with E-state index in [1.165, 1.54) is 22.0 Å². The number of anilines is 1. The number of rotatable bonds is 3. The molecular formula is C18H24N2O. The molecule has 1 fully saturated rings. The monoisotopic (exact) mass is 284 g/mol. The van der Waals surface area contributed by atoms with E-state index in [1.54, 1.807) is 0 Å². The maximum atomic E-state index is 5.88. The van der Waals surface area contributed by atoms with E-state index in [9.17, 15) is 0 Å². The van der Waals surface area contributed by atoms with Crippen LogP contribution in [0.5, 0.6) is 0 Å². The number of nitrogens with zero attached hydrogens (tertiary/aromatic N) is 1. The second-order valence-corrected chi connectivity index (χ2v) is 6.17. The van der Waals surface area contributed by atoms with E-state index in [0.717, 1.165) is 25.9 Å². The SMILES string of the molecule is COC1(C)CCCN(c2ccc(CN)c3ccccc23)C1. The van der Waals surface area contributed by atoms with Crippen LogP contribution in [0.4, 0.5) is 5.69 Å². The number of hydrogen-bond acceptors (Lipinski definition) is 3. The summed E-state index contributed by atoms with van der Waals surface area (Å²) in [5, 5.41) is 2.56. The van der Waals surface area contributed by atoms with Crippen LogP contribution in [0.2, 0.25) is 0 Å². The zero-order chi connectivity index (χ0) is 14.9. The fourth-order valence-electron chi connectivity index (χ4n) is 3.38. The first-order valence-electron chi connectivity index (χ1n) is 7.68. The Morgan fingerprint density at radius 2 is 1.95 bits per heavy atom. The van der Waals surface area contributed by atoms with E-state index in [2.05, 4.69) is 48.2 Å². The largest absolute Gasteiger partial charge is 0.377 e. The minimum Gasteiger partial charge on any atom is -0.377 e. The first-order valence-corrected chi connectivity index (χ1v) is 7.68. The summed E-state index contributed by atoms with van der Waals surface area (Å²) < 4.78 is 5.73. The van der Waals surface area contributed by atoms with Crippen LogP contribution in [0.15, 0.2) is 36.4 Å². The van der Waals surface area contributed by atoms with Crippen molar-refractivity contribution in [3.05, 3.63) is 42.0 Å². The Labute approximate surface area is 126 Å². The molecule has 0 spiro atoms. The van der Waals surface area contributed by atoms with Crippen molar-refractivity contribution in [2.45, 2.75) is 31.9 Å². The smallest absolute Gasteiger partial charge is 0.0825 e. The van der Waals surface area contributed by atoms with Crippen LogP contribution < -0.4 is 10.6 Å². The summed E-state index contributed by atoms with van der Waals surface area (Å²) in [5.41, 5.74) is 8.33. The van der Waals surface area contributed by atoms with Gasteiger partial charge >= 0.3 is 0 Å². The van der Waals surface area contributed by atoms with Crippen molar-refractivity contribution < 1.29 is 4.74 Å². The first kappa shape index (κ1) is 14.4. The van der Waals surface area contributed by atoms with Crippen LogP contribution in [0.25, 0.3) is 10.8 Å². The van der Waals surface area contributed by atoms with Gasteiger partial charge in [0.25, 0.3) is 0 Å². The maximum absolute atomic E-state index is 5.88. The van der Waals surface area contributed by atoms with Crippen molar-refractivity contribution >= 4 is 16.5 Å². The molecule has 0 bridgehead atoms. The molecule has 2 aromatic carbocycles. The second kappa shape index (κ2) is 5.66. The van der Waals surface area contributed by atoms with E-state index < -0.39 is 0 Å². The Hall–Kier alpha value is -1.58. The number of ether oxygens (including phenoxy) is 1. The summed E-state index contributed by atoms with van der Waals surface area (Å²) in [6.45, 7) is 4.81. The molecule has 1 atom stereocenters. The van der Waals surface area contributed by atoms with Gasteiger partial charge in [-0.1, -0.05) is 30.3 Å². The molecule has 1 aliphatic rings. The minimum absolute atomic E-state index is 0.0497. The Kier molecular flexibility index (Phi) is 3.87. The number of methoxy groups -OCH3 is 1. The molecule has 1 unspecified atom stereocenters. The van der Waals surface area contributed by atoms with Crippen molar-refractivity contribution in [2.75, 3.05) is 25.1 Å². The van der Waals surface area contributed by atoms with Crippen LogP contribution in [-0.2, 0) is 11.3 Å². The topological polar surface area (TPSA) is 38.5 Å². The van der Waals surface area contributed by atoms with Crippen LogP contribution in [0, 0.1) is 0 Å². The van der Waals surface area contributed by atoms with Crippen molar-refractivity contribution in [3.63, 3.8) is 0 Å². The molecule has 3 rings (SSSR count). The average molecular weight is 284 g/mol. The molecule has 3 nitrogen and oxygen atoms in total. The molecule has 0 radical (unpaired) electrons. The van der Waals surface area contributed by atoms with Gasteiger partial charge in [0.2, 0.25) is 0 Å². The van der Waals surface area contributed by atoms with Gasteiger partial charge in [0.1, 0.15) is 0 Å². The van der Waals surface area contributed by atoms with Gasteiger partial charge in [-0.25, -0.2) is 0 Å². The lowest BCUT2D eigenvalue weighted by Gasteiger charge is -2.41. The molecule has 0 saturated carbocycles. The van der Waals surface area contributed by atoms with E-state index in [-0.39, 0.29) is 5.60 Å². The highest BCUT2D eigenvalue weighted by Gasteiger charge is 2.31. The van der Waals surface area contributed by atoms with Gasteiger partial charge in [-0.15, -0.1) is 0 Å². The minimum atomic E-state index is -0.0497. The van der Waals surface area contributed by atoms with Gasteiger partial charge in [-0.2, -0.15) is 0 Å². The van der Waals surface area contributed by atoms with E-state index >= 15 is 0 Å². The zero-order valence-corrected chi connectivity index (χ0v) is 12.9. The van der Waals surface area contributed by atoms with Crippen LogP contribution >= 0.6 is 0 Å². The lowest BCUT2D eigenvalue weighted by molar-refractivity contribution is -0.00459. The summed E-state index contributed by atoms with van der Waals surface area (Å²) >= 11 is 0. The van der Waals surface area contributed by atoms with Crippen molar-refractivity contribution in [3.8, 4) is 0 Å². The number of fused-ring (bicyclic) bond motifs is 1. The van der Waals surface area contributed by atoms with Crippen LogP contribution in [-0.4, -0.2) is 25.8 Å². The Bertz CT molecular complexity index is 640. The Balaban J connectivity index is 2.05. The van der Waals surface area contributed by atoms with Gasteiger partial charge in [0.05, 0.1) is 5.60 Å². The second-order valence-electron chi connectivity index (χ2n) is 6.17. The number of hydrogen-bond donors (Lipinski definition) is 1. The molecule has 21 heavy (non-hydrogen) atoms. The zero-order valence-electron chi connectivity index (χ0n) is 12.9. The van der Waals surface area contributed by atoms with Gasteiger partial charge in [0.15, 0.2) is 0 Å². The normalized spacial score (nSPS) is 22.7. The molecule has 1 aliphatic heterocycles. The molecular weight excluding hydrogens is 260 g/mol. The predicted octanol–water partition coefficient (Wildman–Crippen LogP) is 3.30. The number of piperidine rings is 1. The fourth-order valence-corrected chi connectivity index (χ4v) is 3.38. The number of benzene rings is 2. The highest BCUT2D eigenvalue weighted by Crippen LogP contribution is 2.34. The third-order valence-corrected chi connectivity index (χ3v) is 4.70. The Morgan fingerprint density at radius 3 is 2.67 bits per heavy atom. The molecule has 1 heterocycles. The quantitative estimate of drug-likeness (QED) is 0.940. The lowest BCUT2D eigenvalue weighted by Crippen LogP contribution is -2.47. The highest BCUT2D eigenvalue weighted by atomic mass is 16.5. The van der Waals surface area contributed by atoms with Crippen molar-refractivity contribution in [2.24, 2.45) is 5.73 Å². The Morgan fingerprint density at radius 1 is 1.19 bits per heavy atom. The molecule has 3 heteroatoms. The molecule has 112 valence electrons. The molecule has 1 saturated heterocycles. The summed E-state index contributed by atoms with van der Waals surface area (Å²) in [7, 11) is 1.82. The fraction of sp³-hybridized carbons (Fsp3) is 0.444. The van der Waals surface area contributed by atoms with Gasteiger partial charge < -0.3 is 15.4 Å². The third-order valence-electron chi connectivity index (χ3n) is 4.70. The number of nitrogens with two attached hydrogens (primary N) is 1. The molecule has 0 aromatic heterocycles. The van der Waals surface area contributed by atoms with Crippen LogP contribution in [0.3, 0.4) is 0 Å². The first-order chi connectivity index (χ1) is 10.2. The van der Waals surface area contributed by atoms with E-state index in [4.69, 9.17) is 10.5 Å². The van der Waals surface area contributed by atoms with Crippen molar-refractivity contribution in [1.82, 2.24) is 0 Å². The molecule has 0 aliphatic carbocycles. The molecule has 2 aromatic rings. The van der Waals surface area contributed by atoms with Gasteiger partial charge in [-0.05, 0) is 36.8 Å². The summed E-state index contributed by atoms with van der Waals surface area (Å²) in [4.78, 5) is 2.45. The summed E-state index contributed by atoms with van der Waals surface area (Å²) in [6, 6.07) is 12.9.